The maximum Gasteiger partial charge on any atom is 0.335 e. The van der Waals surface area contributed by atoms with Crippen LogP contribution in [0.25, 0.3) is 0 Å². The van der Waals surface area contributed by atoms with Gasteiger partial charge in [0, 0.05) is 32.2 Å². The molecule has 1 N–H and O–H groups in total. The SMILES string of the molecule is O=C(O)c1cccc(CN2CCCCC2CN2CCOCC2)c1. The monoisotopic (exact) mass is 318 g/mol. The summed E-state index contributed by atoms with van der Waals surface area (Å²) in [5, 5.41) is 9.15. The van der Waals surface area contributed by atoms with Crippen molar-refractivity contribution in [1.82, 2.24) is 9.80 Å². The van der Waals surface area contributed by atoms with Crippen LogP contribution in [0.4, 0.5) is 0 Å². The summed E-state index contributed by atoms with van der Waals surface area (Å²) in [5.74, 6) is -0.852. The number of benzene rings is 1. The van der Waals surface area contributed by atoms with Crippen LogP contribution in [0.3, 0.4) is 0 Å². The third-order valence-corrected chi connectivity index (χ3v) is 4.88. The van der Waals surface area contributed by atoms with Crippen molar-refractivity contribution < 1.29 is 14.6 Å². The van der Waals surface area contributed by atoms with E-state index in [4.69, 9.17) is 9.84 Å². The molecule has 0 bridgehead atoms. The Balaban J connectivity index is 1.63. The normalized spacial score (nSPS) is 23.7. The van der Waals surface area contributed by atoms with Crippen LogP contribution >= 0.6 is 0 Å². The first-order chi connectivity index (χ1) is 11.2. The first-order valence-corrected chi connectivity index (χ1v) is 8.59. The summed E-state index contributed by atoms with van der Waals surface area (Å²) in [4.78, 5) is 16.2. The van der Waals surface area contributed by atoms with Gasteiger partial charge >= 0.3 is 5.97 Å². The van der Waals surface area contributed by atoms with Crippen molar-refractivity contribution in [3.8, 4) is 0 Å². The van der Waals surface area contributed by atoms with Crippen molar-refractivity contribution in [2.75, 3.05) is 39.4 Å². The fraction of sp³-hybridized carbons (Fsp3) is 0.611. The van der Waals surface area contributed by atoms with Crippen LogP contribution in [0.1, 0.15) is 35.2 Å². The van der Waals surface area contributed by atoms with E-state index in [0.29, 0.717) is 11.6 Å². The fourth-order valence-electron chi connectivity index (χ4n) is 3.59. The largest absolute Gasteiger partial charge is 0.478 e. The number of ether oxygens (including phenoxy) is 1. The topological polar surface area (TPSA) is 53.0 Å². The van der Waals surface area contributed by atoms with E-state index in [1.54, 1.807) is 6.07 Å². The second-order valence-corrected chi connectivity index (χ2v) is 6.54. The number of piperidine rings is 1. The van der Waals surface area contributed by atoms with Crippen molar-refractivity contribution in [3.05, 3.63) is 35.4 Å². The lowest BCUT2D eigenvalue weighted by Crippen LogP contribution is -2.49. The number of carboxylic acid groups (broad SMARTS) is 1. The summed E-state index contributed by atoms with van der Waals surface area (Å²) < 4.78 is 5.44. The highest BCUT2D eigenvalue weighted by atomic mass is 16.5. The molecule has 0 aliphatic carbocycles. The minimum Gasteiger partial charge on any atom is -0.478 e. The summed E-state index contributed by atoms with van der Waals surface area (Å²) in [7, 11) is 0. The van der Waals surface area contributed by atoms with Gasteiger partial charge in [0.1, 0.15) is 0 Å². The lowest BCUT2D eigenvalue weighted by Gasteiger charge is -2.39. The van der Waals surface area contributed by atoms with Crippen LogP contribution in [0.2, 0.25) is 0 Å². The predicted octanol–water partition coefficient (Wildman–Crippen LogP) is 2.07. The smallest absolute Gasteiger partial charge is 0.335 e. The molecule has 2 fully saturated rings. The maximum atomic E-state index is 11.1. The van der Waals surface area contributed by atoms with Gasteiger partial charge in [0.15, 0.2) is 0 Å². The van der Waals surface area contributed by atoms with Crippen molar-refractivity contribution in [3.63, 3.8) is 0 Å². The highest BCUT2D eigenvalue weighted by Crippen LogP contribution is 2.21. The third-order valence-electron chi connectivity index (χ3n) is 4.88. The molecule has 0 saturated carbocycles. The number of aromatic carboxylic acids is 1. The van der Waals surface area contributed by atoms with E-state index in [1.807, 2.05) is 18.2 Å². The van der Waals surface area contributed by atoms with Crippen molar-refractivity contribution >= 4 is 5.97 Å². The van der Waals surface area contributed by atoms with Gasteiger partial charge in [0.25, 0.3) is 0 Å². The Morgan fingerprint density at radius 2 is 2.04 bits per heavy atom. The van der Waals surface area contributed by atoms with Crippen LogP contribution in [-0.4, -0.2) is 66.3 Å². The molecule has 2 heterocycles. The zero-order chi connectivity index (χ0) is 16.1. The first-order valence-electron chi connectivity index (χ1n) is 8.59. The number of carbonyl (C=O) groups is 1. The Labute approximate surface area is 137 Å². The fourth-order valence-corrected chi connectivity index (χ4v) is 3.59. The Morgan fingerprint density at radius 1 is 1.22 bits per heavy atom. The number of likely N-dealkylation sites (tertiary alicyclic amines) is 1. The van der Waals surface area contributed by atoms with Crippen LogP contribution in [0, 0.1) is 0 Å². The molecule has 0 amide bonds. The minimum atomic E-state index is -0.852. The molecule has 23 heavy (non-hydrogen) atoms. The van der Waals surface area contributed by atoms with E-state index in [-0.39, 0.29) is 0 Å². The van der Waals surface area contributed by atoms with Gasteiger partial charge in [-0.25, -0.2) is 4.79 Å². The molecule has 5 heteroatoms. The highest BCUT2D eigenvalue weighted by Gasteiger charge is 2.25. The molecule has 1 atom stereocenters. The Hall–Kier alpha value is -1.43. The lowest BCUT2D eigenvalue weighted by molar-refractivity contribution is 0.0153. The van der Waals surface area contributed by atoms with E-state index in [1.165, 1.54) is 19.3 Å². The highest BCUT2D eigenvalue weighted by molar-refractivity contribution is 5.87. The molecule has 126 valence electrons. The molecule has 0 spiro atoms. The van der Waals surface area contributed by atoms with E-state index in [0.717, 1.165) is 51.5 Å². The number of morpholine rings is 1. The molecule has 1 aromatic carbocycles. The van der Waals surface area contributed by atoms with Gasteiger partial charge in [0.05, 0.1) is 18.8 Å². The van der Waals surface area contributed by atoms with Gasteiger partial charge in [-0.1, -0.05) is 18.6 Å². The van der Waals surface area contributed by atoms with Crippen molar-refractivity contribution in [1.29, 1.82) is 0 Å². The quantitative estimate of drug-likeness (QED) is 0.901. The van der Waals surface area contributed by atoms with Crippen LogP contribution in [-0.2, 0) is 11.3 Å². The Kier molecular flexibility index (Phi) is 5.65. The average molecular weight is 318 g/mol. The third kappa shape index (κ3) is 4.53. The zero-order valence-corrected chi connectivity index (χ0v) is 13.6. The molecule has 5 nitrogen and oxygen atoms in total. The standard InChI is InChI=1S/C18H26N2O3/c21-18(22)16-5-3-4-15(12-16)13-20-7-2-1-6-17(20)14-19-8-10-23-11-9-19/h3-5,12,17H,1-2,6-11,13-14H2,(H,21,22). The number of rotatable bonds is 5. The molecular weight excluding hydrogens is 292 g/mol. The van der Waals surface area contributed by atoms with Crippen LogP contribution in [0.15, 0.2) is 24.3 Å². The molecule has 0 radical (unpaired) electrons. The van der Waals surface area contributed by atoms with Gasteiger partial charge in [0.2, 0.25) is 0 Å². The van der Waals surface area contributed by atoms with E-state index in [9.17, 15) is 4.79 Å². The van der Waals surface area contributed by atoms with Crippen molar-refractivity contribution in [2.24, 2.45) is 0 Å². The second kappa shape index (κ2) is 7.90. The minimum absolute atomic E-state index is 0.379. The molecule has 1 aromatic rings. The molecule has 2 aliphatic heterocycles. The molecule has 2 aliphatic rings. The zero-order valence-electron chi connectivity index (χ0n) is 13.6. The number of hydrogen-bond acceptors (Lipinski definition) is 4. The van der Waals surface area contributed by atoms with E-state index in [2.05, 4.69) is 9.80 Å². The van der Waals surface area contributed by atoms with Gasteiger partial charge in [-0.15, -0.1) is 0 Å². The van der Waals surface area contributed by atoms with E-state index >= 15 is 0 Å². The molecule has 1 unspecified atom stereocenters. The first kappa shape index (κ1) is 16.4. The molecular formula is C18H26N2O3. The summed E-state index contributed by atoms with van der Waals surface area (Å²) in [6.45, 7) is 6.78. The number of carboxylic acids is 1. The maximum absolute atomic E-state index is 11.1. The number of hydrogen-bond donors (Lipinski definition) is 1. The van der Waals surface area contributed by atoms with Gasteiger partial charge in [-0.3, -0.25) is 9.80 Å². The summed E-state index contributed by atoms with van der Waals surface area (Å²) in [6, 6.07) is 7.91. The Morgan fingerprint density at radius 3 is 2.83 bits per heavy atom. The Bertz CT molecular complexity index is 529. The van der Waals surface area contributed by atoms with Crippen LogP contribution < -0.4 is 0 Å². The average Bonchev–Trinajstić information content (AvgIpc) is 2.58. The van der Waals surface area contributed by atoms with Gasteiger partial charge in [-0.05, 0) is 37.1 Å². The molecule has 0 aromatic heterocycles. The van der Waals surface area contributed by atoms with E-state index < -0.39 is 5.97 Å². The predicted molar refractivity (Wildman–Crippen MR) is 88.7 cm³/mol. The molecule has 3 rings (SSSR count). The second-order valence-electron chi connectivity index (χ2n) is 6.54. The van der Waals surface area contributed by atoms with Crippen molar-refractivity contribution in [2.45, 2.75) is 31.8 Å². The summed E-state index contributed by atoms with van der Waals surface area (Å²) in [6.07, 6.45) is 3.76. The van der Waals surface area contributed by atoms with Gasteiger partial charge < -0.3 is 9.84 Å². The molecule has 2 saturated heterocycles. The van der Waals surface area contributed by atoms with Crippen LogP contribution in [0.5, 0.6) is 0 Å². The number of nitrogens with zero attached hydrogens (tertiary/aromatic N) is 2. The lowest BCUT2D eigenvalue weighted by atomic mass is 10.00. The van der Waals surface area contributed by atoms with Gasteiger partial charge in [-0.2, -0.15) is 0 Å². The summed E-state index contributed by atoms with van der Waals surface area (Å²) in [5.41, 5.74) is 1.48. The summed E-state index contributed by atoms with van der Waals surface area (Å²) >= 11 is 0.